The molecule has 0 spiro atoms. The molecule has 1 aromatic heterocycles. The van der Waals surface area contributed by atoms with Crippen LogP contribution >= 0.6 is 11.3 Å². The molecule has 0 saturated heterocycles. The molecule has 2 rings (SSSR count). The first-order valence-electron chi connectivity index (χ1n) is 6.68. The van der Waals surface area contributed by atoms with Crippen molar-refractivity contribution in [3.63, 3.8) is 0 Å². The molecule has 0 radical (unpaired) electrons. The van der Waals surface area contributed by atoms with Crippen LogP contribution < -0.4 is 5.32 Å². The lowest BCUT2D eigenvalue weighted by atomic mass is 10.2. The van der Waals surface area contributed by atoms with Crippen LogP contribution in [0.5, 0.6) is 0 Å². The molecular formula is C16H16N4OS. The van der Waals surface area contributed by atoms with E-state index in [4.69, 9.17) is 0 Å². The molecule has 1 heterocycles. The maximum atomic E-state index is 12.1. The Morgan fingerprint density at radius 2 is 2.18 bits per heavy atom. The first-order valence-corrected chi connectivity index (χ1v) is 7.56. The average molecular weight is 312 g/mol. The van der Waals surface area contributed by atoms with Gasteiger partial charge in [-0.2, -0.15) is 0 Å². The van der Waals surface area contributed by atoms with Crippen molar-refractivity contribution in [2.75, 3.05) is 0 Å². The zero-order chi connectivity index (χ0) is 15.8. The Hall–Kier alpha value is -2.60. The van der Waals surface area contributed by atoms with E-state index in [2.05, 4.69) is 26.9 Å². The highest BCUT2D eigenvalue weighted by atomic mass is 32.1. The van der Waals surface area contributed by atoms with Gasteiger partial charge in [0.25, 0.3) is 5.91 Å². The van der Waals surface area contributed by atoms with Gasteiger partial charge in [0.05, 0.1) is 5.70 Å². The third-order valence-electron chi connectivity index (χ3n) is 2.71. The SMILES string of the molecule is C=C(/N=C\N=C/C)c1nc(C(=O)NCc2ccccc2)cs1. The normalized spacial score (nSPS) is 11.1. The lowest BCUT2D eigenvalue weighted by Crippen LogP contribution is -2.23. The van der Waals surface area contributed by atoms with Crippen LogP contribution in [-0.4, -0.2) is 23.4 Å². The molecule has 1 aromatic carbocycles. The van der Waals surface area contributed by atoms with E-state index >= 15 is 0 Å². The molecule has 5 nitrogen and oxygen atoms in total. The highest BCUT2D eigenvalue weighted by molar-refractivity contribution is 7.11. The summed E-state index contributed by atoms with van der Waals surface area (Å²) in [6.45, 7) is 6.08. The maximum absolute atomic E-state index is 12.1. The van der Waals surface area contributed by atoms with Gasteiger partial charge in [-0.15, -0.1) is 11.3 Å². The van der Waals surface area contributed by atoms with E-state index in [9.17, 15) is 4.79 Å². The third kappa shape index (κ3) is 4.46. The van der Waals surface area contributed by atoms with Gasteiger partial charge < -0.3 is 5.32 Å². The summed E-state index contributed by atoms with van der Waals surface area (Å²) in [7, 11) is 0. The van der Waals surface area contributed by atoms with Crippen LogP contribution in [0.1, 0.15) is 28.0 Å². The number of hydrogen-bond acceptors (Lipinski definition) is 4. The number of benzene rings is 1. The summed E-state index contributed by atoms with van der Waals surface area (Å²) in [6.07, 6.45) is 3.03. The molecule has 0 saturated carbocycles. The Balaban J connectivity index is 1.95. The van der Waals surface area contributed by atoms with Gasteiger partial charge in [-0.25, -0.2) is 15.0 Å². The molecule has 0 fully saturated rings. The molecule has 0 bridgehead atoms. The van der Waals surface area contributed by atoms with Crippen molar-refractivity contribution in [1.29, 1.82) is 0 Å². The fraction of sp³-hybridized carbons (Fsp3) is 0.125. The second-order valence-corrected chi connectivity index (χ2v) is 5.16. The zero-order valence-electron chi connectivity index (χ0n) is 12.2. The summed E-state index contributed by atoms with van der Waals surface area (Å²) < 4.78 is 0. The third-order valence-corrected chi connectivity index (χ3v) is 3.60. The summed E-state index contributed by atoms with van der Waals surface area (Å²) >= 11 is 1.33. The number of rotatable bonds is 6. The zero-order valence-corrected chi connectivity index (χ0v) is 13.0. The average Bonchev–Trinajstić information content (AvgIpc) is 3.04. The Bertz CT molecular complexity index is 704. The first kappa shape index (κ1) is 15.8. The number of amides is 1. The van der Waals surface area contributed by atoms with Gasteiger partial charge in [0.2, 0.25) is 0 Å². The van der Waals surface area contributed by atoms with Crippen molar-refractivity contribution in [2.24, 2.45) is 9.98 Å². The van der Waals surface area contributed by atoms with Gasteiger partial charge in [0.15, 0.2) is 0 Å². The highest BCUT2D eigenvalue weighted by Gasteiger charge is 2.11. The lowest BCUT2D eigenvalue weighted by Gasteiger charge is -2.02. The topological polar surface area (TPSA) is 66.7 Å². The van der Waals surface area contributed by atoms with Crippen molar-refractivity contribution in [1.82, 2.24) is 10.3 Å². The van der Waals surface area contributed by atoms with Crippen molar-refractivity contribution >= 4 is 35.5 Å². The van der Waals surface area contributed by atoms with Gasteiger partial charge in [-0.3, -0.25) is 4.79 Å². The summed E-state index contributed by atoms with van der Waals surface area (Å²) in [4.78, 5) is 24.2. The predicted molar refractivity (Wildman–Crippen MR) is 91.4 cm³/mol. The van der Waals surface area contributed by atoms with Gasteiger partial charge in [-0.05, 0) is 12.5 Å². The quantitative estimate of drug-likeness (QED) is 0.657. The molecule has 1 N–H and O–H groups in total. The molecule has 0 atom stereocenters. The van der Waals surface area contributed by atoms with E-state index in [0.29, 0.717) is 22.9 Å². The maximum Gasteiger partial charge on any atom is 0.271 e. The molecule has 0 aliphatic rings. The van der Waals surface area contributed by atoms with Gasteiger partial charge in [-0.1, -0.05) is 36.9 Å². The standard InChI is InChI=1S/C16H16N4OS/c1-3-17-11-19-12(2)16-20-14(10-22-16)15(21)18-9-13-7-5-4-6-8-13/h3-8,10-11H,2,9H2,1H3,(H,18,21)/b17-3-,19-11-. The molecule has 6 heteroatoms. The van der Waals surface area contributed by atoms with Crippen LogP contribution in [0, 0.1) is 0 Å². The van der Waals surface area contributed by atoms with Crippen molar-refractivity contribution in [3.8, 4) is 0 Å². The number of carbonyl (C=O) groups is 1. The molecular weight excluding hydrogens is 296 g/mol. The minimum Gasteiger partial charge on any atom is -0.347 e. The van der Waals surface area contributed by atoms with Crippen LogP contribution in [0.15, 0.2) is 52.3 Å². The number of nitrogens with zero attached hydrogens (tertiary/aromatic N) is 3. The highest BCUT2D eigenvalue weighted by Crippen LogP contribution is 2.18. The summed E-state index contributed by atoms with van der Waals surface area (Å²) in [5, 5.41) is 5.13. The number of carbonyl (C=O) groups excluding carboxylic acids is 1. The van der Waals surface area contributed by atoms with Crippen LogP contribution in [0.25, 0.3) is 5.70 Å². The second-order valence-electron chi connectivity index (χ2n) is 4.30. The molecule has 2 aromatic rings. The number of aromatic nitrogens is 1. The molecule has 1 amide bonds. The Morgan fingerprint density at radius 1 is 1.41 bits per heavy atom. The number of nitrogens with one attached hydrogen (secondary N) is 1. The summed E-state index contributed by atoms with van der Waals surface area (Å²) in [5.41, 5.74) is 1.89. The fourth-order valence-corrected chi connectivity index (χ4v) is 2.33. The number of thiazole rings is 1. The molecule has 0 aliphatic heterocycles. The number of aliphatic imine (C=N–C) groups is 2. The Kier molecular flexibility index (Phi) is 5.73. The summed E-state index contributed by atoms with van der Waals surface area (Å²) in [5.74, 6) is -0.213. The van der Waals surface area contributed by atoms with Crippen molar-refractivity contribution in [2.45, 2.75) is 13.5 Å². The predicted octanol–water partition coefficient (Wildman–Crippen LogP) is 3.16. The fourth-order valence-electron chi connectivity index (χ4n) is 1.60. The molecule has 112 valence electrons. The van der Waals surface area contributed by atoms with Crippen LogP contribution in [-0.2, 0) is 6.54 Å². The van der Waals surface area contributed by atoms with Crippen molar-refractivity contribution in [3.05, 3.63) is 58.6 Å². The molecule has 0 aliphatic carbocycles. The minimum absolute atomic E-state index is 0.213. The number of hydrogen-bond donors (Lipinski definition) is 1. The van der Waals surface area contributed by atoms with Gasteiger partial charge in [0, 0.05) is 18.1 Å². The van der Waals surface area contributed by atoms with E-state index < -0.39 is 0 Å². The smallest absolute Gasteiger partial charge is 0.271 e. The van der Waals surface area contributed by atoms with E-state index in [-0.39, 0.29) is 5.91 Å². The molecule has 0 unspecified atom stereocenters. The monoisotopic (exact) mass is 312 g/mol. The van der Waals surface area contributed by atoms with Crippen molar-refractivity contribution < 1.29 is 4.79 Å². The van der Waals surface area contributed by atoms with Crippen LogP contribution in [0.4, 0.5) is 0 Å². The van der Waals surface area contributed by atoms with Crippen LogP contribution in [0.3, 0.4) is 0 Å². The Morgan fingerprint density at radius 3 is 2.91 bits per heavy atom. The lowest BCUT2D eigenvalue weighted by molar-refractivity contribution is 0.0946. The van der Waals surface area contributed by atoms with E-state index in [1.54, 1.807) is 18.5 Å². The first-order chi connectivity index (χ1) is 10.7. The van der Waals surface area contributed by atoms with E-state index in [0.717, 1.165) is 5.56 Å². The van der Waals surface area contributed by atoms with Gasteiger partial charge in [0.1, 0.15) is 17.0 Å². The van der Waals surface area contributed by atoms with Crippen LogP contribution in [0.2, 0.25) is 0 Å². The van der Waals surface area contributed by atoms with Gasteiger partial charge >= 0.3 is 0 Å². The minimum atomic E-state index is -0.213. The second kappa shape index (κ2) is 7.99. The molecule has 22 heavy (non-hydrogen) atoms. The largest absolute Gasteiger partial charge is 0.347 e. The Labute approximate surface area is 133 Å². The van der Waals surface area contributed by atoms with E-state index in [1.165, 1.54) is 17.7 Å². The summed E-state index contributed by atoms with van der Waals surface area (Å²) in [6, 6.07) is 9.72. The van der Waals surface area contributed by atoms with E-state index in [1.807, 2.05) is 30.3 Å².